The van der Waals surface area contributed by atoms with Gasteiger partial charge in [0.05, 0.1) is 5.38 Å². The Bertz CT molecular complexity index is 258. The van der Waals surface area contributed by atoms with Gasteiger partial charge in [0.15, 0.2) is 0 Å². The van der Waals surface area contributed by atoms with Crippen molar-refractivity contribution in [1.82, 2.24) is 4.90 Å². The summed E-state index contributed by atoms with van der Waals surface area (Å²) >= 11 is 11.8. The lowest BCUT2D eigenvalue weighted by molar-refractivity contribution is 0.0184. The first kappa shape index (κ1) is 14.9. The van der Waals surface area contributed by atoms with Crippen molar-refractivity contribution in [3.63, 3.8) is 0 Å². The number of nitrogens with zero attached hydrogens (tertiary/aromatic N) is 1. The minimum absolute atomic E-state index is 0.0115. The van der Waals surface area contributed by atoms with Gasteiger partial charge in [-0.2, -0.15) is 0 Å². The predicted octanol–water partition coefficient (Wildman–Crippen LogP) is 3.48. The van der Waals surface area contributed by atoms with E-state index in [1.807, 2.05) is 20.8 Å². The Hall–Kier alpha value is -0.150. The zero-order chi connectivity index (χ0) is 13.1. The molecule has 1 aliphatic rings. The molecule has 1 atom stereocenters. The van der Waals surface area contributed by atoms with Gasteiger partial charge in [-0.3, -0.25) is 0 Å². The molecular weight excluding hydrogens is 261 g/mol. The summed E-state index contributed by atoms with van der Waals surface area (Å²) in [6.07, 6.45) is 1.58. The first-order valence-corrected chi connectivity index (χ1v) is 6.98. The van der Waals surface area contributed by atoms with Gasteiger partial charge in [0, 0.05) is 19.0 Å². The Morgan fingerprint density at radius 3 is 2.35 bits per heavy atom. The van der Waals surface area contributed by atoms with Gasteiger partial charge in [-0.15, -0.1) is 23.2 Å². The number of carbonyl (C=O) groups is 1. The van der Waals surface area contributed by atoms with Crippen LogP contribution in [0.5, 0.6) is 0 Å². The first-order chi connectivity index (χ1) is 7.83. The summed E-state index contributed by atoms with van der Waals surface area (Å²) in [5.41, 5.74) is -0.431. The maximum atomic E-state index is 11.8. The van der Waals surface area contributed by atoms with Crippen molar-refractivity contribution in [2.24, 2.45) is 5.92 Å². The van der Waals surface area contributed by atoms with Crippen LogP contribution in [0, 0.1) is 5.92 Å². The fraction of sp³-hybridized carbons (Fsp3) is 0.917. The molecule has 0 saturated carbocycles. The number of piperidine rings is 1. The van der Waals surface area contributed by atoms with E-state index in [9.17, 15) is 4.79 Å². The zero-order valence-corrected chi connectivity index (χ0v) is 12.2. The van der Waals surface area contributed by atoms with Crippen molar-refractivity contribution >= 4 is 29.3 Å². The fourth-order valence-electron chi connectivity index (χ4n) is 1.90. The van der Waals surface area contributed by atoms with Crippen molar-refractivity contribution in [2.75, 3.05) is 19.0 Å². The molecular formula is C12H21Cl2NO2. The van der Waals surface area contributed by atoms with Crippen LogP contribution in [0.15, 0.2) is 0 Å². The van der Waals surface area contributed by atoms with E-state index < -0.39 is 5.60 Å². The lowest BCUT2D eigenvalue weighted by Crippen LogP contribution is -2.43. The molecule has 1 unspecified atom stereocenters. The van der Waals surface area contributed by atoms with Gasteiger partial charge in [-0.05, 0) is 39.5 Å². The van der Waals surface area contributed by atoms with Gasteiger partial charge in [-0.25, -0.2) is 4.79 Å². The topological polar surface area (TPSA) is 29.5 Å². The molecule has 0 radical (unpaired) electrons. The van der Waals surface area contributed by atoms with E-state index in [-0.39, 0.29) is 11.5 Å². The average molecular weight is 282 g/mol. The molecule has 1 heterocycles. The predicted molar refractivity (Wildman–Crippen MR) is 70.9 cm³/mol. The molecule has 1 rings (SSSR count). The van der Waals surface area contributed by atoms with Crippen molar-refractivity contribution in [1.29, 1.82) is 0 Å². The summed E-state index contributed by atoms with van der Waals surface area (Å²) in [5, 5.41) is 0.0115. The van der Waals surface area contributed by atoms with E-state index in [4.69, 9.17) is 27.9 Å². The second-order valence-electron chi connectivity index (χ2n) is 5.48. The summed E-state index contributed by atoms with van der Waals surface area (Å²) in [6, 6.07) is 0. The van der Waals surface area contributed by atoms with Gasteiger partial charge in [0.1, 0.15) is 5.60 Å². The summed E-state index contributed by atoms with van der Waals surface area (Å²) < 4.78 is 5.33. The molecule has 0 N–H and O–H groups in total. The molecule has 100 valence electrons. The molecule has 3 nitrogen and oxygen atoms in total. The van der Waals surface area contributed by atoms with E-state index in [0.717, 1.165) is 12.8 Å². The lowest BCUT2D eigenvalue weighted by Gasteiger charge is -2.34. The van der Waals surface area contributed by atoms with E-state index >= 15 is 0 Å². The van der Waals surface area contributed by atoms with Crippen LogP contribution in [0.4, 0.5) is 4.79 Å². The Balaban J connectivity index is 2.39. The number of likely N-dealkylation sites (tertiary alicyclic amines) is 1. The number of hydrogen-bond donors (Lipinski definition) is 0. The number of alkyl halides is 2. The van der Waals surface area contributed by atoms with Gasteiger partial charge < -0.3 is 9.64 Å². The largest absolute Gasteiger partial charge is 0.444 e. The third kappa shape index (κ3) is 4.92. The van der Waals surface area contributed by atoms with Gasteiger partial charge in [0.25, 0.3) is 0 Å². The molecule has 0 aromatic rings. The van der Waals surface area contributed by atoms with Crippen molar-refractivity contribution in [3.05, 3.63) is 0 Å². The Kier molecular flexibility index (Phi) is 5.39. The smallest absolute Gasteiger partial charge is 0.410 e. The van der Waals surface area contributed by atoms with Crippen molar-refractivity contribution in [3.8, 4) is 0 Å². The van der Waals surface area contributed by atoms with E-state index in [0.29, 0.717) is 24.9 Å². The molecule has 0 spiro atoms. The maximum absolute atomic E-state index is 11.8. The van der Waals surface area contributed by atoms with Crippen LogP contribution < -0.4 is 0 Å². The molecule has 0 bridgehead atoms. The van der Waals surface area contributed by atoms with Crippen LogP contribution in [0.2, 0.25) is 0 Å². The van der Waals surface area contributed by atoms with Crippen LogP contribution in [-0.2, 0) is 4.74 Å². The normalized spacial score (nSPS) is 20.2. The Morgan fingerprint density at radius 2 is 1.94 bits per heavy atom. The van der Waals surface area contributed by atoms with Crippen molar-refractivity contribution in [2.45, 2.75) is 44.6 Å². The number of hydrogen-bond acceptors (Lipinski definition) is 2. The standard InChI is InChI=1S/C12H21Cl2NO2/c1-12(2,3)17-11(16)15-6-4-9(5-7-15)10(14)8-13/h9-10H,4-8H2,1-3H3. The highest BCUT2D eigenvalue weighted by atomic mass is 35.5. The monoisotopic (exact) mass is 281 g/mol. The Morgan fingerprint density at radius 1 is 1.41 bits per heavy atom. The van der Waals surface area contributed by atoms with E-state index in [1.165, 1.54) is 0 Å². The van der Waals surface area contributed by atoms with Gasteiger partial charge >= 0.3 is 6.09 Å². The van der Waals surface area contributed by atoms with Crippen LogP contribution >= 0.6 is 23.2 Å². The quantitative estimate of drug-likeness (QED) is 0.726. The molecule has 17 heavy (non-hydrogen) atoms. The van der Waals surface area contributed by atoms with E-state index in [1.54, 1.807) is 4.90 Å². The highest BCUT2D eigenvalue weighted by Gasteiger charge is 2.29. The number of carbonyl (C=O) groups excluding carboxylic acids is 1. The minimum atomic E-state index is -0.431. The van der Waals surface area contributed by atoms with Crippen LogP contribution in [-0.4, -0.2) is 40.9 Å². The molecule has 1 amide bonds. The Labute approximate surface area is 113 Å². The zero-order valence-electron chi connectivity index (χ0n) is 10.7. The highest BCUT2D eigenvalue weighted by molar-refractivity contribution is 6.28. The molecule has 1 aliphatic heterocycles. The highest BCUT2D eigenvalue weighted by Crippen LogP contribution is 2.25. The number of halogens is 2. The molecule has 0 aromatic heterocycles. The van der Waals surface area contributed by atoms with Crippen LogP contribution in [0.1, 0.15) is 33.6 Å². The van der Waals surface area contributed by atoms with Gasteiger partial charge in [0.2, 0.25) is 0 Å². The summed E-state index contributed by atoms with van der Waals surface area (Å²) in [4.78, 5) is 13.6. The summed E-state index contributed by atoms with van der Waals surface area (Å²) in [7, 11) is 0. The number of amides is 1. The molecule has 1 saturated heterocycles. The third-order valence-corrected chi connectivity index (χ3v) is 3.85. The fourth-order valence-corrected chi connectivity index (χ4v) is 2.40. The molecule has 0 aliphatic carbocycles. The second kappa shape index (κ2) is 6.14. The second-order valence-corrected chi connectivity index (χ2v) is 6.34. The molecule has 5 heteroatoms. The maximum Gasteiger partial charge on any atom is 0.410 e. The SMILES string of the molecule is CC(C)(C)OC(=O)N1CCC(C(Cl)CCl)CC1. The summed E-state index contributed by atoms with van der Waals surface area (Å²) in [5.74, 6) is 0.881. The molecule has 0 aromatic carbocycles. The third-order valence-electron chi connectivity index (χ3n) is 2.85. The number of ether oxygens (including phenoxy) is 1. The van der Waals surface area contributed by atoms with Crippen LogP contribution in [0.25, 0.3) is 0 Å². The van der Waals surface area contributed by atoms with Crippen LogP contribution in [0.3, 0.4) is 0 Å². The van der Waals surface area contributed by atoms with Crippen molar-refractivity contribution < 1.29 is 9.53 Å². The average Bonchev–Trinajstić information content (AvgIpc) is 2.26. The van der Waals surface area contributed by atoms with E-state index in [2.05, 4.69) is 0 Å². The first-order valence-electron chi connectivity index (χ1n) is 6.01. The summed E-state index contributed by atoms with van der Waals surface area (Å²) in [6.45, 7) is 7.04. The number of rotatable bonds is 2. The van der Waals surface area contributed by atoms with Gasteiger partial charge in [-0.1, -0.05) is 0 Å². The lowest BCUT2D eigenvalue weighted by atomic mass is 9.94. The minimum Gasteiger partial charge on any atom is -0.444 e. The molecule has 1 fully saturated rings.